The molecule has 2 rings (SSSR count). The predicted molar refractivity (Wildman–Crippen MR) is 70.4 cm³/mol. The van der Waals surface area contributed by atoms with Crippen molar-refractivity contribution in [3.8, 4) is 5.75 Å². The number of benzene rings is 1. The largest absolute Gasteiger partial charge is 0.508 e. The average molecular weight is 249 g/mol. The lowest BCUT2D eigenvalue weighted by Crippen LogP contribution is -2.28. The summed E-state index contributed by atoms with van der Waals surface area (Å²) >= 11 is 0. The SMILES string of the molecule is O=C(O)c1cc(O)ccc1N1CCCCCCC1. The minimum Gasteiger partial charge on any atom is -0.508 e. The Morgan fingerprint density at radius 2 is 1.67 bits per heavy atom. The van der Waals surface area contributed by atoms with Gasteiger partial charge in [0.15, 0.2) is 0 Å². The topological polar surface area (TPSA) is 60.8 Å². The van der Waals surface area contributed by atoms with E-state index in [-0.39, 0.29) is 11.3 Å². The Morgan fingerprint density at radius 1 is 1.06 bits per heavy atom. The van der Waals surface area contributed by atoms with E-state index in [1.54, 1.807) is 12.1 Å². The Bertz CT molecular complexity index is 423. The minimum absolute atomic E-state index is 0.00296. The van der Waals surface area contributed by atoms with Gasteiger partial charge in [-0.25, -0.2) is 4.79 Å². The van der Waals surface area contributed by atoms with Crippen molar-refractivity contribution in [2.24, 2.45) is 0 Å². The fourth-order valence-electron chi connectivity index (χ4n) is 2.46. The summed E-state index contributed by atoms with van der Waals surface area (Å²) in [7, 11) is 0. The first-order valence-corrected chi connectivity index (χ1v) is 6.50. The number of rotatable bonds is 2. The van der Waals surface area contributed by atoms with Crippen LogP contribution in [-0.4, -0.2) is 29.3 Å². The highest BCUT2D eigenvalue weighted by Crippen LogP contribution is 2.27. The van der Waals surface area contributed by atoms with Crippen molar-refractivity contribution in [2.45, 2.75) is 32.1 Å². The highest BCUT2D eigenvalue weighted by molar-refractivity contribution is 5.95. The van der Waals surface area contributed by atoms with Crippen LogP contribution in [-0.2, 0) is 0 Å². The number of aromatic carboxylic acids is 1. The maximum atomic E-state index is 11.2. The van der Waals surface area contributed by atoms with Gasteiger partial charge in [0.2, 0.25) is 0 Å². The number of nitrogens with zero attached hydrogens (tertiary/aromatic N) is 1. The van der Waals surface area contributed by atoms with Gasteiger partial charge >= 0.3 is 5.97 Å². The fourth-order valence-corrected chi connectivity index (χ4v) is 2.46. The van der Waals surface area contributed by atoms with E-state index in [9.17, 15) is 15.0 Å². The molecule has 0 amide bonds. The quantitative estimate of drug-likeness (QED) is 0.846. The zero-order chi connectivity index (χ0) is 13.0. The number of carbonyl (C=O) groups is 1. The van der Waals surface area contributed by atoms with Crippen molar-refractivity contribution < 1.29 is 15.0 Å². The minimum atomic E-state index is -0.983. The standard InChI is InChI=1S/C14H19NO3/c16-11-6-7-13(12(10-11)14(17)18)15-8-4-2-1-3-5-9-15/h6-7,10,16H,1-5,8-9H2,(H,17,18). The number of hydrogen-bond donors (Lipinski definition) is 2. The lowest BCUT2D eigenvalue weighted by atomic mass is 10.1. The smallest absolute Gasteiger partial charge is 0.337 e. The van der Waals surface area contributed by atoms with Crippen molar-refractivity contribution in [1.82, 2.24) is 0 Å². The van der Waals surface area contributed by atoms with Gasteiger partial charge in [0.1, 0.15) is 5.75 Å². The first-order chi connectivity index (χ1) is 8.68. The molecular formula is C14H19NO3. The van der Waals surface area contributed by atoms with Crippen molar-refractivity contribution in [3.05, 3.63) is 23.8 Å². The highest BCUT2D eigenvalue weighted by atomic mass is 16.4. The van der Waals surface area contributed by atoms with E-state index in [1.165, 1.54) is 25.3 Å². The van der Waals surface area contributed by atoms with Crippen LogP contribution < -0.4 is 4.90 Å². The molecule has 0 atom stereocenters. The number of phenols is 1. The van der Waals surface area contributed by atoms with Crippen LogP contribution in [0, 0.1) is 0 Å². The number of anilines is 1. The maximum Gasteiger partial charge on any atom is 0.337 e. The van der Waals surface area contributed by atoms with Gasteiger partial charge in [0.25, 0.3) is 0 Å². The second kappa shape index (κ2) is 5.76. The van der Waals surface area contributed by atoms with E-state index in [2.05, 4.69) is 4.90 Å². The van der Waals surface area contributed by atoms with Gasteiger partial charge in [-0.2, -0.15) is 0 Å². The molecule has 18 heavy (non-hydrogen) atoms. The number of phenolic OH excluding ortho intramolecular Hbond substituents is 1. The molecule has 1 aliphatic rings. The summed E-state index contributed by atoms with van der Waals surface area (Å²) in [5.74, 6) is -0.980. The Labute approximate surface area is 107 Å². The van der Waals surface area contributed by atoms with Gasteiger partial charge in [0.05, 0.1) is 11.3 Å². The molecule has 4 heteroatoms. The number of carboxylic acids is 1. The summed E-state index contributed by atoms with van der Waals surface area (Å²) in [6.07, 6.45) is 5.88. The molecule has 2 N–H and O–H groups in total. The Kier molecular flexibility index (Phi) is 4.07. The van der Waals surface area contributed by atoms with Crippen molar-refractivity contribution in [3.63, 3.8) is 0 Å². The van der Waals surface area contributed by atoms with Crippen LogP contribution >= 0.6 is 0 Å². The monoisotopic (exact) mass is 249 g/mol. The third kappa shape index (κ3) is 2.94. The first-order valence-electron chi connectivity index (χ1n) is 6.50. The molecule has 1 heterocycles. The molecule has 0 spiro atoms. The van der Waals surface area contributed by atoms with E-state index < -0.39 is 5.97 Å². The normalized spacial score (nSPS) is 17.0. The molecule has 1 fully saturated rings. The summed E-state index contributed by atoms with van der Waals surface area (Å²) < 4.78 is 0. The summed E-state index contributed by atoms with van der Waals surface area (Å²) in [5, 5.41) is 18.6. The van der Waals surface area contributed by atoms with E-state index >= 15 is 0 Å². The van der Waals surface area contributed by atoms with Crippen LogP contribution in [0.5, 0.6) is 5.75 Å². The molecule has 4 nitrogen and oxygen atoms in total. The van der Waals surface area contributed by atoms with Crippen LogP contribution in [0.15, 0.2) is 18.2 Å². The second-order valence-electron chi connectivity index (χ2n) is 4.76. The van der Waals surface area contributed by atoms with E-state index in [4.69, 9.17) is 0 Å². The van der Waals surface area contributed by atoms with Crippen LogP contribution in [0.4, 0.5) is 5.69 Å². The van der Waals surface area contributed by atoms with Crippen molar-refractivity contribution >= 4 is 11.7 Å². The number of carboxylic acid groups (broad SMARTS) is 1. The summed E-state index contributed by atoms with van der Waals surface area (Å²) in [6.45, 7) is 1.79. The van der Waals surface area contributed by atoms with Crippen molar-refractivity contribution in [2.75, 3.05) is 18.0 Å². The Morgan fingerprint density at radius 3 is 2.28 bits per heavy atom. The number of hydrogen-bond acceptors (Lipinski definition) is 3. The van der Waals surface area contributed by atoms with Crippen molar-refractivity contribution in [1.29, 1.82) is 0 Å². The lowest BCUT2D eigenvalue weighted by molar-refractivity contribution is 0.0697. The Balaban J connectivity index is 2.27. The zero-order valence-electron chi connectivity index (χ0n) is 10.4. The molecule has 1 aromatic carbocycles. The average Bonchev–Trinajstić information content (AvgIpc) is 2.29. The molecule has 1 saturated heterocycles. The Hall–Kier alpha value is -1.71. The van der Waals surface area contributed by atoms with Gasteiger partial charge in [-0.05, 0) is 31.0 Å². The molecule has 98 valence electrons. The van der Waals surface area contributed by atoms with Gasteiger partial charge in [-0.15, -0.1) is 0 Å². The predicted octanol–water partition coefficient (Wildman–Crippen LogP) is 2.86. The van der Waals surface area contributed by atoms with Crippen LogP contribution in [0.2, 0.25) is 0 Å². The molecule has 0 aromatic heterocycles. The van der Waals surface area contributed by atoms with Gasteiger partial charge in [-0.1, -0.05) is 19.3 Å². The van der Waals surface area contributed by atoms with Crippen LogP contribution in [0.25, 0.3) is 0 Å². The number of aromatic hydroxyl groups is 1. The summed E-state index contributed by atoms with van der Waals surface area (Å²) in [6, 6.07) is 4.59. The van der Waals surface area contributed by atoms with E-state index in [0.29, 0.717) is 0 Å². The lowest BCUT2D eigenvalue weighted by Gasteiger charge is -2.28. The highest BCUT2D eigenvalue weighted by Gasteiger charge is 2.17. The third-order valence-electron chi connectivity index (χ3n) is 3.41. The van der Waals surface area contributed by atoms with Gasteiger partial charge in [0, 0.05) is 13.1 Å². The van der Waals surface area contributed by atoms with Crippen LogP contribution in [0.3, 0.4) is 0 Å². The second-order valence-corrected chi connectivity index (χ2v) is 4.76. The zero-order valence-corrected chi connectivity index (χ0v) is 10.4. The molecule has 1 aromatic rings. The molecule has 0 radical (unpaired) electrons. The molecular weight excluding hydrogens is 230 g/mol. The molecule has 0 saturated carbocycles. The van der Waals surface area contributed by atoms with E-state index in [1.807, 2.05) is 0 Å². The maximum absolute atomic E-state index is 11.2. The summed E-state index contributed by atoms with van der Waals surface area (Å²) in [4.78, 5) is 13.4. The van der Waals surface area contributed by atoms with Gasteiger partial charge in [-0.3, -0.25) is 0 Å². The molecule has 0 bridgehead atoms. The third-order valence-corrected chi connectivity index (χ3v) is 3.41. The van der Waals surface area contributed by atoms with Crippen LogP contribution in [0.1, 0.15) is 42.5 Å². The molecule has 0 aliphatic carbocycles. The van der Waals surface area contributed by atoms with E-state index in [0.717, 1.165) is 31.6 Å². The van der Waals surface area contributed by atoms with Gasteiger partial charge < -0.3 is 15.1 Å². The molecule has 1 aliphatic heterocycles. The summed E-state index contributed by atoms with van der Waals surface area (Å²) in [5.41, 5.74) is 0.915. The first kappa shape index (κ1) is 12.7. The molecule has 0 unspecified atom stereocenters. The fraction of sp³-hybridized carbons (Fsp3) is 0.500.